The lowest BCUT2D eigenvalue weighted by atomic mass is 10.1. The van der Waals surface area contributed by atoms with E-state index in [-0.39, 0.29) is 43.8 Å². The molecule has 1 atom stereocenters. The third kappa shape index (κ3) is 5.96. The highest BCUT2D eigenvalue weighted by atomic mass is 35.5. The summed E-state index contributed by atoms with van der Waals surface area (Å²) in [5, 5.41) is 2.83. The van der Waals surface area contributed by atoms with Gasteiger partial charge < -0.3 is 10.2 Å². The molecular formula is C8H18Cl2F2N2. The largest absolute Gasteiger partial charge is 0.309 e. The maximum Gasteiger partial charge on any atom is 0.261 e. The van der Waals surface area contributed by atoms with Crippen LogP contribution in [0, 0.1) is 0 Å². The van der Waals surface area contributed by atoms with Gasteiger partial charge >= 0.3 is 0 Å². The van der Waals surface area contributed by atoms with E-state index in [1.807, 2.05) is 19.0 Å². The van der Waals surface area contributed by atoms with Gasteiger partial charge in [0, 0.05) is 12.5 Å². The molecule has 1 rings (SSSR count). The molecule has 2 nitrogen and oxygen atoms in total. The normalized spacial score (nSPS) is 24.2. The van der Waals surface area contributed by atoms with Crippen LogP contribution in [-0.4, -0.2) is 44.0 Å². The predicted molar refractivity (Wildman–Crippen MR) is 59.0 cm³/mol. The van der Waals surface area contributed by atoms with E-state index < -0.39 is 5.92 Å². The van der Waals surface area contributed by atoms with Crippen molar-refractivity contribution in [3.05, 3.63) is 0 Å². The Morgan fingerprint density at radius 1 is 1.36 bits per heavy atom. The molecule has 0 radical (unpaired) electrons. The average molecular weight is 251 g/mol. The summed E-state index contributed by atoms with van der Waals surface area (Å²) in [5.74, 6) is -2.48. The molecule has 1 N–H and O–H groups in total. The lowest BCUT2D eigenvalue weighted by Gasteiger charge is -2.13. The van der Waals surface area contributed by atoms with Gasteiger partial charge in [0.15, 0.2) is 0 Å². The van der Waals surface area contributed by atoms with Crippen LogP contribution in [0.1, 0.15) is 12.8 Å². The third-order valence-electron chi connectivity index (χ3n) is 2.12. The van der Waals surface area contributed by atoms with Crippen molar-refractivity contribution in [3.8, 4) is 0 Å². The number of halogens is 4. The van der Waals surface area contributed by atoms with Gasteiger partial charge in [-0.3, -0.25) is 0 Å². The minimum Gasteiger partial charge on any atom is -0.309 e. The van der Waals surface area contributed by atoms with Crippen LogP contribution in [0.3, 0.4) is 0 Å². The molecule has 6 heteroatoms. The van der Waals surface area contributed by atoms with Gasteiger partial charge in [-0.15, -0.1) is 24.8 Å². The van der Waals surface area contributed by atoms with Gasteiger partial charge in [0.1, 0.15) is 0 Å². The summed E-state index contributed by atoms with van der Waals surface area (Å²) in [7, 11) is 3.90. The highest BCUT2D eigenvalue weighted by Gasteiger charge is 2.38. The number of rotatable bonds is 3. The van der Waals surface area contributed by atoms with Gasteiger partial charge in [-0.2, -0.15) is 0 Å². The second-order valence-corrected chi connectivity index (χ2v) is 3.73. The van der Waals surface area contributed by atoms with E-state index in [0.717, 1.165) is 13.0 Å². The first-order chi connectivity index (χ1) is 5.49. The van der Waals surface area contributed by atoms with Crippen LogP contribution >= 0.6 is 24.8 Å². The molecule has 1 saturated heterocycles. The first-order valence-electron chi connectivity index (χ1n) is 4.25. The monoisotopic (exact) mass is 250 g/mol. The molecular weight excluding hydrogens is 233 g/mol. The molecule has 1 heterocycles. The van der Waals surface area contributed by atoms with Crippen LogP contribution in [0.15, 0.2) is 0 Å². The molecule has 0 spiro atoms. The van der Waals surface area contributed by atoms with Gasteiger partial charge in [-0.25, -0.2) is 8.78 Å². The summed E-state index contributed by atoms with van der Waals surface area (Å²) in [5.41, 5.74) is 0. The van der Waals surface area contributed by atoms with E-state index in [1.54, 1.807) is 0 Å². The summed E-state index contributed by atoms with van der Waals surface area (Å²) in [6, 6.07) is 0.00222. The van der Waals surface area contributed by atoms with Crippen molar-refractivity contribution < 1.29 is 8.78 Å². The van der Waals surface area contributed by atoms with Crippen LogP contribution in [0.25, 0.3) is 0 Å². The fraction of sp³-hybridized carbons (Fsp3) is 1.00. The number of hydrogen-bond acceptors (Lipinski definition) is 2. The molecule has 14 heavy (non-hydrogen) atoms. The van der Waals surface area contributed by atoms with Crippen molar-refractivity contribution in [2.24, 2.45) is 0 Å². The van der Waals surface area contributed by atoms with E-state index in [0.29, 0.717) is 0 Å². The van der Waals surface area contributed by atoms with Crippen LogP contribution < -0.4 is 5.32 Å². The third-order valence-corrected chi connectivity index (χ3v) is 2.12. The Morgan fingerprint density at radius 2 is 1.93 bits per heavy atom. The molecule has 1 aliphatic heterocycles. The molecule has 0 unspecified atom stereocenters. The van der Waals surface area contributed by atoms with Crippen molar-refractivity contribution in [3.63, 3.8) is 0 Å². The van der Waals surface area contributed by atoms with E-state index >= 15 is 0 Å². The highest BCUT2D eigenvalue weighted by molar-refractivity contribution is 5.85. The summed E-state index contributed by atoms with van der Waals surface area (Å²) in [6.07, 6.45) is 0.809. The Kier molecular flexibility index (Phi) is 8.12. The number of nitrogens with zero attached hydrogens (tertiary/aromatic N) is 1. The molecule has 0 aromatic heterocycles. The molecule has 88 valence electrons. The maximum absolute atomic E-state index is 12.6. The minimum atomic E-state index is -2.48. The molecule has 0 aromatic carbocycles. The Hall–Kier alpha value is 0.360. The van der Waals surface area contributed by atoms with Crippen molar-refractivity contribution in [1.82, 2.24) is 10.2 Å². The van der Waals surface area contributed by atoms with Crippen LogP contribution in [-0.2, 0) is 0 Å². The summed E-state index contributed by atoms with van der Waals surface area (Å²) < 4.78 is 25.3. The molecule has 1 fully saturated rings. The highest BCUT2D eigenvalue weighted by Crippen LogP contribution is 2.26. The van der Waals surface area contributed by atoms with E-state index in [2.05, 4.69) is 5.32 Å². The summed E-state index contributed by atoms with van der Waals surface area (Å²) in [4.78, 5) is 2.01. The van der Waals surface area contributed by atoms with E-state index in [4.69, 9.17) is 0 Å². The van der Waals surface area contributed by atoms with Gasteiger partial charge in [-0.05, 0) is 27.1 Å². The molecule has 1 aliphatic rings. The summed E-state index contributed by atoms with van der Waals surface area (Å²) >= 11 is 0. The van der Waals surface area contributed by atoms with Crippen molar-refractivity contribution in [2.75, 3.05) is 27.2 Å². The Morgan fingerprint density at radius 3 is 2.29 bits per heavy atom. The number of hydrogen-bond donors (Lipinski definition) is 1. The zero-order valence-corrected chi connectivity index (χ0v) is 10.1. The second-order valence-electron chi connectivity index (χ2n) is 3.73. The number of nitrogens with one attached hydrogen (secondary N) is 1. The fourth-order valence-electron chi connectivity index (χ4n) is 1.42. The van der Waals surface area contributed by atoms with Gasteiger partial charge in [-0.1, -0.05) is 0 Å². The second kappa shape index (κ2) is 6.77. The minimum absolute atomic E-state index is 0. The smallest absolute Gasteiger partial charge is 0.261 e. The topological polar surface area (TPSA) is 15.3 Å². The van der Waals surface area contributed by atoms with Crippen molar-refractivity contribution in [2.45, 2.75) is 24.8 Å². The van der Waals surface area contributed by atoms with E-state index in [9.17, 15) is 8.78 Å². The SMILES string of the molecule is CN(C)CC[C@@H]1CC(F)(F)CN1.Cl.Cl. The van der Waals surface area contributed by atoms with Gasteiger partial charge in [0.2, 0.25) is 0 Å². The Balaban J connectivity index is 0. The standard InChI is InChI=1S/C8H16F2N2.2ClH/c1-12(2)4-3-7-5-8(9,10)6-11-7;;/h7,11H,3-6H2,1-2H3;2*1H/t7-;;/m1../s1. The molecule has 0 amide bonds. The lowest BCUT2D eigenvalue weighted by molar-refractivity contribution is 0.0207. The van der Waals surface area contributed by atoms with Crippen molar-refractivity contribution >= 4 is 24.8 Å². The molecule has 0 saturated carbocycles. The average Bonchev–Trinajstić information content (AvgIpc) is 2.26. The first kappa shape index (κ1) is 16.8. The Labute approximate surface area is 96.2 Å². The maximum atomic E-state index is 12.6. The fourth-order valence-corrected chi connectivity index (χ4v) is 1.42. The van der Waals surface area contributed by atoms with Crippen molar-refractivity contribution in [1.29, 1.82) is 0 Å². The summed E-state index contributed by atoms with van der Waals surface area (Å²) in [6.45, 7) is 0.721. The Bertz CT molecular complexity index is 156. The predicted octanol–water partition coefficient (Wildman–Crippen LogP) is 1.78. The number of alkyl halides is 2. The lowest BCUT2D eigenvalue weighted by Crippen LogP contribution is -2.26. The quantitative estimate of drug-likeness (QED) is 0.822. The zero-order valence-electron chi connectivity index (χ0n) is 8.43. The molecule has 0 bridgehead atoms. The van der Waals surface area contributed by atoms with Crippen LogP contribution in [0.2, 0.25) is 0 Å². The molecule has 0 aromatic rings. The van der Waals surface area contributed by atoms with E-state index in [1.165, 1.54) is 0 Å². The van der Waals surface area contributed by atoms with Crippen LogP contribution in [0.4, 0.5) is 8.78 Å². The van der Waals surface area contributed by atoms with Gasteiger partial charge in [0.05, 0.1) is 6.54 Å². The first-order valence-corrected chi connectivity index (χ1v) is 4.25. The zero-order chi connectivity index (χ0) is 9.19. The molecule has 0 aliphatic carbocycles. The van der Waals surface area contributed by atoms with Crippen LogP contribution in [0.5, 0.6) is 0 Å². The van der Waals surface area contributed by atoms with Gasteiger partial charge in [0.25, 0.3) is 5.92 Å².